The van der Waals surface area contributed by atoms with Gasteiger partial charge in [0.15, 0.2) is 0 Å². The number of carbonyl (C=O) groups is 1. The summed E-state index contributed by atoms with van der Waals surface area (Å²) >= 11 is 0. The van der Waals surface area contributed by atoms with Crippen LogP contribution in [0.2, 0.25) is 0 Å². The van der Waals surface area contributed by atoms with Gasteiger partial charge in [0.05, 0.1) is 0 Å². The van der Waals surface area contributed by atoms with Crippen LogP contribution in [0, 0.1) is 5.92 Å². The van der Waals surface area contributed by atoms with E-state index >= 15 is 0 Å². The average molecular weight is 291 g/mol. The highest BCUT2D eigenvalue weighted by Gasteiger charge is 2.27. The van der Waals surface area contributed by atoms with Gasteiger partial charge < -0.3 is 9.47 Å². The highest BCUT2D eigenvalue weighted by atomic mass is 16.2. The fraction of sp³-hybridized carbons (Fsp3) is 0.643. The molecule has 2 fully saturated rings. The van der Waals surface area contributed by atoms with Crippen molar-refractivity contribution in [3.05, 3.63) is 22.7 Å². The molecule has 7 heteroatoms. The van der Waals surface area contributed by atoms with E-state index in [1.165, 1.54) is 23.6 Å². The van der Waals surface area contributed by atoms with Gasteiger partial charge in [0, 0.05) is 52.2 Å². The SMILES string of the molecule is Cn1ccnc(NC(=O)N2CCN(CC3CC3)CC2)c1=O. The molecular formula is C14H21N5O2. The Bertz CT molecular complexity index is 573. The molecule has 0 bridgehead atoms. The lowest BCUT2D eigenvalue weighted by Crippen LogP contribution is -2.50. The molecule has 1 N–H and O–H groups in total. The summed E-state index contributed by atoms with van der Waals surface area (Å²) in [7, 11) is 1.64. The predicted molar refractivity (Wildman–Crippen MR) is 79.2 cm³/mol. The van der Waals surface area contributed by atoms with E-state index in [0.29, 0.717) is 13.1 Å². The molecule has 3 rings (SSSR count). The number of nitrogens with one attached hydrogen (secondary N) is 1. The van der Waals surface area contributed by atoms with Gasteiger partial charge in [-0.05, 0) is 18.8 Å². The summed E-state index contributed by atoms with van der Waals surface area (Å²) in [4.78, 5) is 32.1. The van der Waals surface area contributed by atoms with Crippen LogP contribution in [-0.2, 0) is 7.05 Å². The maximum absolute atomic E-state index is 12.2. The van der Waals surface area contributed by atoms with E-state index in [2.05, 4.69) is 15.2 Å². The van der Waals surface area contributed by atoms with Gasteiger partial charge in [-0.3, -0.25) is 15.0 Å². The van der Waals surface area contributed by atoms with Crippen molar-refractivity contribution in [2.24, 2.45) is 13.0 Å². The maximum atomic E-state index is 12.2. The number of aryl methyl sites for hydroxylation is 1. The third kappa shape index (κ3) is 3.41. The molecule has 1 aromatic heterocycles. The van der Waals surface area contributed by atoms with Gasteiger partial charge in [-0.25, -0.2) is 9.78 Å². The van der Waals surface area contributed by atoms with E-state index in [-0.39, 0.29) is 17.4 Å². The second kappa shape index (κ2) is 5.85. The number of urea groups is 1. The van der Waals surface area contributed by atoms with Crippen LogP contribution in [0.3, 0.4) is 0 Å². The highest BCUT2D eigenvalue weighted by Crippen LogP contribution is 2.29. The van der Waals surface area contributed by atoms with Gasteiger partial charge in [-0.2, -0.15) is 0 Å². The molecule has 114 valence electrons. The van der Waals surface area contributed by atoms with E-state index in [1.807, 2.05) is 0 Å². The van der Waals surface area contributed by atoms with Crippen molar-refractivity contribution in [3.8, 4) is 0 Å². The topological polar surface area (TPSA) is 70.5 Å². The van der Waals surface area contributed by atoms with Crippen molar-refractivity contribution in [1.82, 2.24) is 19.4 Å². The Morgan fingerprint density at radius 3 is 2.71 bits per heavy atom. The highest BCUT2D eigenvalue weighted by molar-refractivity contribution is 5.88. The number of aromatic nitrogens is 2. The Balaban J connectivity index is 1.54. The molecule has 1 saturated heterocycles. The number of rotatable bonds is 3. The number of hydrogen-bond donors (Lipinski definition) is 1. The van der Waals surface area contributed by atoms with Gasteiger partial charge >= 0.3 is 6.03 Å². The van der Waals surface area contributed by atoms with Gasteiger partial charge in [0.1, 0.15) is 0 Å². The molecule has 1 aliphatic heterocycles. The van der Waals surface area contributed by atoms with Crippen molar-refractivity contribution in [1.29, 1.82) is 0 Å². The molecule has 1 saturated carbocycles. The molecule has 0 atom stereocenters. The van der Waals surface area contributed by atoms with Crippen LogP contribution >= 0.6 is 0 Å². The Hall–Kier alpha value is -1.89. The first-order valence-corrected chi connectivity index (χ1v) is 7.43. The van der Waals surface area contributed by atoms with E-state index in [4.69, 9.17) is 0 Å². The largest absolute Gasteiger partial charge is 0.323 e. The van der Waals surface area contributed by atoms with Crippen LogP contribution in [0.5, 0.6) is 0 Å². The van der Waals surface area contributed by atoms with Crippen LogP contribution in [0.15, 0.2) is 17.2 Å². The zero-order valence-corrected chi connectivity index (χ0v) is 12.3. The van der Waals surface area contributed by atoms with Crippen molar-refractivity contribution in [2.75, 3.05) is 38.0 Å². The third-order valence-corrected chi connectivity index (χ3v) is 4.11. The van der Waals surface area contributed by atoms with Crippen LogP contribution in [0.25, 0.3) is 0 Å². The van der Waals surface area contributed by atoms with Crippen molar-refractivity contribution >= 4 is 11.8 Å². The lowest BCUT2D eigenvalue weighted by molar-refractivity contribution is 0.144. The first-order chi connectivity index (χ1) is 10.1. The van der Waals surface area contributed by atoms with Crippen LogP contribution in [-0.4, -0.2) is 58.1 Å². The molecule has 21 heavy (non-hydrogen) atoms. The summed E-state index contributed by atoms with van der Waals surface area (Å²) < 4.78 is 1.40. The van der Waals surface area contributed by atoms with Gasteiger partial charge in [-0.1, -0.05) is 0 Å². The van der Waals surface area contributed by atoms with Crippen molar-refractivity contribution < 1.29 is 4.79 Å². The molecule has 2 amide bonds. The van der Waals surface area contributed by atoms with E-state index in [0.717, 1.165) is 25.6 Å². The average Bonchev–Trinajstić information content (AvgIpc) is 3.28. The summed E-state index contributed by atoms with van der Waals surface area (Å²) in [5.74, 6) is 0.965. The lowest BCUT2D eigenvalue weighted by Gasteiger charge is -2.34. The van der Waals surface area contributed by atoms with Gasteiger partial charge in [0.2, 0.25) is 5.82 Å². The van der Waals surface area contributed by atoms with E-state index in [1.54, 1.807) is 18.1 Å². The fourth-order valence-electron chi connectivity index (χ4n) is 2.56. The summed E-state index contributed by atoms with van der Waals surface area (Å²) in [5.41, 5.74) is -0.293. The lowest BCUT2D eigenvalue weighted by atomic mass is 10.3. The number of nitrogens with zero attached hydrogens (tertiary/aromatic N) is 4. The molecule has 1 aliphatic carbocycles. The zero-order chi connectivity index (χ0) is 14.8. The molecular weight excluding hydrogens is 270 g/mol. The maximum Gasteiger partial charge on any atom is 0.323 e. The zero-order valence-electron chi connectivity index (χ0n) is 12.3. The Labute approximate surface area is 123 Å². The molecule has 2 heterocycles. The molecule has 0 unspecified atom stereocenters. The Morgan fingerprint density at radius 1 is 1.33 bits per heavy atom. The normalized spacial score (nSPS) is 19.6. The monoisotopic (exact) mass is 291 g/mol. The Kier molecular flexibility index (Phi) is 3.92. The summed E-state index contributed by atoms with van der Waals surface area (Å²) in [6.07, 6.45) is 5.77. The standard InChI is InChI=1S/C14H21N5O2/c1-17-5-4-15-12(13(17)20)16-14(21)19-8-6-18(7-9-19)10-11-2-3-11/h4-5,11H,2-3,6-10H2,1H3,(H,15,16,21). The summed E-state index contributed by atoms with van der Waals surface area (Å²) in [6, 6.07) is -0.239. The van der Waals surface area contributed by atoms with Crippen molar-refractivity contribution in [3.63, 3.8) is 0 Å². The number of anilines is 1. The Morgan fingerprint density at radius 2 is 2.05 bits per heavy atom. The van der Waals surface area contributed by atoms with E-state index in [9.17, 15) is 9.59 Å². The van der Waals surface area contributed by atoms with Gasteiger partial charge in [-0.15, -0.1) is 0 Å². The minimum absolute atomic E-state index is 0.0883. The number of carbonyl (C=O) groups excluding carboxylic acids is 1. The van der Waals surface area contributed by atoms with Crippen LogP contribution < -0.4 is 10.9 Å². The van der Waals surface area contributed by atoms with Gasteiger partial charge in [0.25, 0.3) is 5.56 Å². The minimum Gasteiger partial charge on any atom is -0.322 e. The molecule has 0 radical (unpaired) electrons. The number of amides is 2. The first kappa shape index (κ1) is 14.1. The van der Waals surface area contributed by atoms with Crippen molar-refractivity contribution in [2.45, 2.75) is 12.8 Å². The molecule has 0 aromatic carbocycles. The predicted octanol–water partition coefficient (Wildman–Crippen LogP) is 0.340. The minimum atomic E-state index is -0.293. The first-order valence-electron chi connectivity index (χ1n) is 7.43. The molecule has 2 aliphatic rings. The molecule has 1 aromatic rings. The molecule has 7 nitrogen and oxygen atoms in total. The summed E-state index contributed by atoms with van der Waals surface area (Å²) in [6.45, 7) is 4.38. The summed E-state index contributed by atoms with van der Waals surface area (Å²) in [5, 5.41) is 2.61. The second-order valence-corrected chi connectivity index (χ2v) is 5.85. The quantitative estimate of drug-likeness (QED) is 0.872. The van der Waals surface area contributed by atoms with Crippen LogP contribution in [0.1, 0.15) is 12.8 Å². The number of hydrogen-bond acceptors (Lipinski definition) is 4. The second-order valence-electron chi connectivity index (χ2n) is 5.85. The third-order valence-electron chi connectivity index (χ3n) is 4.11. The smallest absolute Gasteiger partial charge is 0.322 e. The number of piperazine rings is 1. The molecule has 0 spiro atoms. The van der Waals surface area contributed by atoms with E-state index < -0.39 is 0 Å². The van der Waals surface area contributed by atoms with Crippen LogP contribution in [0.4, 0.5) is 10.6 Å². The fourth-order valence-corrected chi connectivity index (χ4v) is 2.56.